The van der Waals surface area contributed by atoms with Crippen LogP contribution >= 0.6 is 0 Å². The summed E-state index contributed by atoms with van der Waals surface area (Å²) in [5.74, 6) is -2.08. The fraction of sp³-hybridized carbons (Fsp3) is 0.333. The van der Waals surface area contributed by atoms with E-state index in [-0.39, 0.29) is 6.54 Å². The van der Waals surface area contributed by atoms with Gasteiger partial charge < -0.3 is 15.7 Å². The summed E-state index contributed by atoms with van der Waals surface area (Å²) in [4.78, 5) is 21.9. The van der Waals surface area contributed by atoms with Gasteiger partial charge in [-0.15, -0.1) is 0 Å². The Morgan fingerprint density at radius 3 is 2.67 bits per heavy atom. The summed E-state index contributed by atoms with van der Waals surface area (Å²) in [7, 11) is 0. The normalized spacial score (nSPS) is 11.7. The minimum atomic E-state index is -0.989. The van der Waals surface area contributed by atoms with Crippen LogP contribution in [0.1, 0.15) is 12.5 Å². The van der Waals surface area contributed by atoms with Crippen molar-refractivity contribution in [3.8, 4) is 0 Å². The lowest BCUT2D eigenvalue weighted by molar-refractivity contribution is -0.140. The van der Waals surface area contributed by atoms with Crippen molar-refractivity contribution in [2.24, 2.45) is 5.92 Å². The van der Waals surface area contributed by atoms with Crippen LogP contribution in [0.2, 0.25) is 0 Å². The van der Waals surface area contributed by atoms with Crippen LogP contribution in [0.25, 0.3) is 0 Å². The fourth-order valence-corrected chi connectivity index (χ4v) is 1.18. The van der Waals surface area contributed by atoms with Gasteiger partial charge in [0.05, 0.1) is 5.92 Å². The summed E-state index contributed by atoms with van der Waals surface area (Å²) in [6.07, 6.45) is 0. The summed E-state index contributed by atoms with van der Waals surface area (Å²) in [6, 6.07) is 3.75. The van der Waals surface area contributed by atoms with Crippen molar-refractivity contribution in [2.45, 2.75) is 13.8 Å². The largest absolute Gasteiger partial charge is 0.481 e. The number of benzene rings is 1. The highest BCUT2D eigenvalue weighted by molar-refractivity contribution is 5.89. The van der Waals surface area contributed by atoms with E-state index in [0.29, 0.717) is 11.3 Å². The number of aryl methyl sites for hydroxylation is 1. The van der Waals surface area contributed by atoms with E-state index in [1.165, 1.54) is 13.0 Å². The van der Waals surface area contributed by atoms with Crippen molar-refractivity contribution < 1.29 is 19.1 Å². The van der Waals surface area contributed by atoms with Gasteiger partial charge in [0.25, 0.3) is 0 Å². The summed E-state index contributed by atoms with van der Waals surface area (Å²) in [5, 5.41) is 13.4. The van der Waals surface area contributed by atoms with Crippen molar-refractivity contribution >= 4 is 17.7 Å². The smallest absolute Gasteiger partial charge is 0.319 e. The van der Waals surface area contributed by atoms with Crippen LogP contribution in [-0.2, 0) is 4.79 Å². The predicted molar refractivity (Wildman–Crippen MR) is 65.0 cm³/mol. The number of carbonyl (C=O) groups is 2. The second kappa shape index (κ2) is 6.00. The lowest BCUT2D eigenvalue weighted by atomic mass is 10.2. The fourth-order valence-electron chi connectivity index (χ4n) is 1.18. The number of carboxylic acid groups (broad SMARTS) is 1. The number of halogens is 1. The number of rotatable bonds is 4. The Labute approximate surface area is 104 Å². The van der Waals surface area contributed by atoms with Crippen LogP contribution in [0, 0.1) is 18.7 Å². The zero-order valence-electron chi connectivity index (χ0n) is 10.2. The van der Waals surface area contributed by atoms with Crippen molar-refractivity contribution in [1.82, 2.24) is 5.32 Å². The van der Waals surface area contributed by atoms with Crippen LogP contribution in [-0.4, -0.2) is 23.7 Å². The Balaban J connectivity index is 2.49. The Kier molecular flexibility index (Phi) is 4.65. The molecule has 0 bridgehead atoms. The molecule has 0 aliphatic heterocycles. The van der Waals surface area contributed by atoms with Gasteiger partial charge in [0.1, 0.15) is 5.82 Å². The highest BCUT2D eigenvalue weighted by Gasteiger charge is 2.12. The maximum Gasteiger partial charge on any atom is 0.319 e. The number of anilines is 1. The zero-order chi connectivity index (χ0) is 13.7. The maximum atomic E-state index is 13.2. The molecule has 2 amide bonds. The lowest BCUT2D eigenvalue weighted by Crippen LogP contribution is -2.34. The molecule has 0 spiro atoms. The van der Waals surface area contributed by atoms with Crippen LogP contribution < -0.4 is 10.6 Å². The second-order valence-electron chi connectivity index (χ2n) is 4.04. The number of hydrogen-bond donors (Lipinski definition) is 3. The van der Waals surface area contributed by atoms with E-state index >= 15 is 0 Å². The van der Waals surface area contributed by atoms with Gasteiger partial charge in [0.15, 0.2) is 0 Å². The summed E-state index contributed by atoms with van der Waals surface area (Å²) >= 11 is 0. The molecule has 1 aromatic rings. The van der Waals surface area contributed by atoms with Crippen LogP contribution in [0.3, 0.4) is 0 Å². The van der Waals surface area contributed by atoms with Gasteiger partial charge >= 0.3 is 12.0 Å². The minimum Gasteiger partial charge on any atom is -0.481 e. The highest BCUT2D eigenvalue weighted by atomic mass is 19.1. The summed E-state index contributed by atoms with van der Waals surface area (Å²) < 4.78 is 13.2. The number of carboxylic acids is 1. The number of amides is 2. The molecule has 18 heavy (non-hydrogen) atoms. The molecular formula is C12H15FN2O3. The summed E-state index contributed by atoms with van der Waals surface area (Å²) in [6.45, 7) is 3.11. The van der Waals surface area contributed by atoms with Gasteiger partial charge in [0, 0.05) is 12.2 Å². The van der Waals surface area contributed by atoms with Crippen LogP contribution in [0.15, 0.2) is 18.2 Å². The molecule has 0 aliphatic rings. The van der Waals surface area contributed by atoms with E-state index in [1.54, 1.807) is 19.1 Å². The number of nitrogens with one attached hydrogen (secondary N) is 2. The van der Waals surface area contributed by atoms with Gasteiger partial charge in [-0.05, 0) is 24.6 Å². The van der Waals surface area contributed by atoms with Crippen LogP contribution in [0.4, 0.5) is 14.9 Å². The van der Waals surface area contributed by atoms with E-state index in [1.807, 2.05) is 0 Å². The molecule has 0 aliphatic carbocycles. The molecule has 6 heteroatoms. The number of aliphatic carboxylic acids is 1. The second-order valence-corrected chi connectivity index (χ2v) is 4.04. The first-order valence-electron chi connectivity index (χ1n) is 5.44. The van der Waals surface area contributed by atoms with Crippen molar-refractivity contribution in [1.29, 1.82) is 0 Å². The molecule has 0 heterocycles. The average molecular weight is 254 g/mol. The molecule has 98 valence electrons. The van der Waals surface area contributed by atoms with Gasteiger partial charge in [0.2, 0.25) is 0 Å². The SMILES string of the molecule is Cc1ccc(NC(=O)NCC(C)C(=O)O)cc1F. The third-order valence-corrected chi connectivity index (χ3v) is 2.42. The number of carbonyl (C=O) groups excluding carboxylic acids is 1. The molecule has 0 saturated heterocycles. The average Bonchev–Trinajstić information content (AvgIpc) is 2.30. The molecule has 0 aromatic heterocycles. The predicted octanol–water partition coefficient (Wildman–Crippen LogP) is 1.98. The molecule has 5 nitrogen and oxygen atoms in total. The Hall–Kier alpha value is -2.11. The zero-order valence-corrected chi connectivity index (χ0v) is 10.2. The first-order chi connectivity index (χ1) is 8.40. The van der Waals surface area contributed by atoms with Gasteiger partial charge in [-0.25, -0.2) is 9.18 Å². The van der Waals surface area contributed by atoms with E-state index in [0.717, 1.165) is 0 Å². The number of urea groups is 1. The molecule has 0 radical (unpaired) electrons. The van der Waals surface area contributed by atoms with Crippen LogP contribution in [0.5, 0.6) is 0 Å². The van der Waals surface area contributed by atoms with Gasteiger partial charge in [-0.3, -0.25) is 4.79 Å². The minimum absolute atomic E-state index is 0.00943. The molecule has 1 rings (SSSR count). The molecular weight excluding hydrogens is 239 g/mol. The van der Waals surface area contributed by atoms with Crippen molar-refractivity contribution in [3.63, 3.8) is 0 Å². The topological polar surface area (TPSA) is 78.4 Å². The molecule has 0 fully saturated rings. The number of hydrogen-bond acceptors (Lipinski definition) is 2. The van der Waals surface area contributed by atoms with Gasteiger partial charge in [-0.2, -0.15) is 0 Å². The monoisotopic (exact) mass is 254 g/mol. The first-order valence-corrected chi connectivity index (χ1v) is 5.44. The van der Waals surface area contributed by atoms with E-state index in [9.17, 15) is 14.0 Å². The van der Waals surface area contributed by atoms with E-state index in [4.69, 9.17) is 5.11 Å². The first kappa shape index (κ1) is 14.0. The molecule has 0 saturated carbocycles. The molecule has 3 N–H and O–H groups in total. The molecule has 1 unspecified atom stereocenters. The maximum absolute atomic E-state index is 13.2. The third-order valence-electron chi connectivity index (χ3n) is 2.42. The third kappa shape index (κ3) is 4.04. The quantitative estimate of drug-likeness (QED) is 0.768. The van der Waals surface area contributed by atoms with E-state index < -0.39 is 23.7 Å². The Morgan fingerprint density at radius 2 is 2.11 bits per heavy atom. The Bertz CT molecular complexity index is 463. The molecule has 1 atom stereocenters. The standard InChI is InChI=1S/C12H15FN2O3/c1-7-3-4-9(5-10(7)13)15-12(18)14-6-8(2)11(16)17/h3-5,8H,6H2,1-2H3,(H,16,17)(H2,14,15,18). The lowest BCUT2D eigenvalue weighted by Gasteiger charge is -2.10. The van der Waals surface area contributed by atoms with Crippen molar-refractivity contribution in [2.75, 3.05) is 11.9 Å². The molecule has 1 aromatic carbocycles. The van der Waals surface area contributed by atoms with E-state index in [2.05, 4.69) is 10.6 Å². The van der Waals surface area contributed by atoms with Crippen molar-refractivity contribution in [3.05, 3.63) is 29.6 Å². The highest BCUT2D eigenvalue weighted by Crippen LogP contribution is 2.13. The summed E-state index contributed by atoms with van der Waals surface area (Å²) in [5.41, 5.74) is 0.805. The Morgan fingerprint density at radius 1 is 1.44 bits per heavy atom. The van der Waals surface area contributed by atoms with Gasteiger partial charge in [-0.1, -0.05) is 13.0 Å².